The fourth-order valence-electron chi connectivity index (χ4n) is 7.07. The molecule has 10 heteroatoms. The van der Waals surface area contributed by atoms with E-state index < -0.39 is 0 Å². The monoisotopic (exact) mass is 638 g/mol. The van der Waals surface area contributed by atoms with E-state index in [0.717, 1.165) is 117 Å². The van der Waals surface area contributed by atoms with Gasteiger partial charge in [-0.15, -0.1) is 0 Å². The highest BCUT2D eigenvalue weighted by atomic mass is 16.5. The van der Waals surface area contributed by atoms with Crippen molar-refractivity contribution in [2.24, 2.45) is 5.73 Å². The molecule has 4 aromatic rings. The lowest BCUT2D eigenvalue weighted by Crippen LogP contribution is -2.37. The number of nitrogens with one attached hydrogen (secondary N) is 1. The van der Waals surface area contributed by atoms with Gasteiger partial charge in [0.2, 0.25) is 11.9 Å². The molecule has 10 nitrogen and oxygen atoms in total. The van der Waals surface area contributed by atoms with Gasteiger partial charge in [0.05, 0.1) is 53.1 Å². The van der Waals surface area contributed by atoms with Gasteiger partial charge < -0.3 is 25.3 Å². The van der Waals surface area contributed by atoms with E-state index >= 15 is 0 Å². The van der Waals surface area contributed by atoms with E-state index in [9.17, 15) is 4.79 Å². The number of fused-ring (bicyclic) bond motifs is 2. The molecule has 0 radical (unpaired) electrons. The molecule has 1 aliphatic heterocycles. The van der Waals surface area contributed by atoms with E-state index in [1.54, 1.807) is 0 Å². The van der Waals surface area contributed by atoms with Crippen molar-refractivity contribution in [3.8, 4) is 0 Å². The summed E-state index contributed by atoms with van der Waals surface area (Å²) in [5.74, 6) is 0.631. The molecule has 6 rings (SSSR count). The van der Waals surface area contributed by atoms with Gasteiger partial charge in [-0.1, -0.05) is 12.1 Å². The second-order valence-electron chi connectivity index (χ2n) is 13.3. The van der Waals surface area contributed by atoms with Crippen LogP contribution in [0.4, 0.5) is 11.6 Å². The molecule has 1 unspecified atom stereocenters. The van der Waals surface area contributed by atoms with Crippen LogP contribution in [-0.2, 0) is 22.5 Å². The molecule has 250 valence electrons. The summed E-state index contributed by atoms with van der Waals surface area (Å²) in [6, 6.07) is 13.3. The Morgan fingerprint density at radius 2 is 1.77 bits per heavy atom. The van der Waals surface area contributed by atoms with Crippen LogP contribution in [0.15, 0.2) is 36.4 Å². The van der Waals surface area contributed by atoms with Gasteiger partial charge in [0.25, 0.3) is 0 Å². The second kappa shape index (κ2) is 14.8. The number of nitrogens with zero attached hydrogens (tertiary/aromatic N) is 6. The van der Waals surface area contributed by atoms with Crippen LogP contribution in [0.3, 0.4) is 0 Å². The third-order valence-electron chi connectivity index (χ3n) is 9.52. The van der Waals surface area contributed by atoms with Gasteiger partial charge in [-0.3, -0.25) is 19.7 Å². The number of rotatable bonds is 13. The van der Waals surface area contributed by atoms with Crippen molar-refractivity contribution < 1.29 is 9.53 Å². The summed E-state index contributed by atoms with van der Waals surface area (Å²) >= 11 is 0. The van der Waals surface area contributed by atoms with Gasteiger partial charge in [-0.25, -0.2) is 4.98 Å². The number of morpholine rings is 1. The van der Waals surface area contributed by atoms with E-state index in [-0.39, 0.29) is 11.9 Å². The predicted octanol–water partition coefficient (Wildman–Crippen LogP) is 5.39. The van der Waals surface area contributed by atoms with Crippen molar-refractivity contribution >= 4 is 28.6 Å². The number of aryl methyl sites for hydroxylation is 5. The minimum Gasteiger partial charge on any atom is -0.379 e. The van der Waals surface area contributed by atoms with Crippen molar-refractivity contribution in [1.82, 2.24) is 24.4 Å². The number of anilines is 2. The molecule has 2 aromatic heterocycles. The smallest absolute Gasteiger partial charge is 0.217 e. The minimum atomic E-state index is -0.262. The average molecular weight is 639 g/mol. The lowest BCUT2D eigenvalue weighted by Gasteiger charge is -2.28. The highest BCUT2D eigenvalue weighted by Gasteiger charge is 2.29. The van der Waals surface area contributed by atoms with E-state index in [0.29, 0.717) is 19.4 Å². The molecular formula is C37H50N8O2. The first-order valence-corrected chi connectivity index (χ1v) is 17.3. The van der Waals surface area contributed by atoms with E-state index in [2.05, 4.69) is 83.8 Å². The highest BCUT2D eigenvalue weighted by molar-refractivity contribution is 5.80. The number of hydrogen-bond donors (Lipinski definition) is 2. The van der Waals surface area contributed by atoms with Crippen molar-refractivity contribution in [1.29, 1.82) is 0 Å². The Morgan fingerprint density at radius 1 is 1.00 bits per heavy atom. The maximum absolute atomic E-state index is 11.6. The summed E-state index contributed by atoms with van der Waals surface area (Å²) < 4.78 is 7.92. The van der Waals surface area contributed by atoms with Crippen molar-refractivity contribution in [3.05, 3.63) is 75.9 Å². The lowest BCUT2D eigenvalue weighted by atomic mass is 9.94. The van der Waals surface area contributed by atoms with E-state index in [1.807, 2.05) is 0 Å². The molecule has 2 aliphatic rings. The van der Waals surface area contributed by atoms with Crippen LogP contribution in [0.1, 0.15) is 77.6 Å². The van der Waals surface area contributed by atoms with Crippen LogP contribution in [0, 0.1) is 27.7 Å². The molecule has 0 saturated carbocycles. The van der Waals surface area contributed by atoms with Crippen LogP contribution >= 0.6 is 0 Å². The zero-order valence-electron chi connectivity index (χ0n) is 28.5. The zero-order valence-corrected chi connectivity index (χ0v) is 28.5. The van der Waals surface area contributed by atoms with Crippen LogP contribution in [0.5, 0.6) is 0 Å². The number of amides is 1. The first kappa shape index (κ1) is 32.9. The number of benzene rings is 2. The topological polar surface area (TPSA) is 114 Å². The summed E-state index contributed by atoms with van der Waals surface area (Å²) in [6.45, 7) is 15.3. The molecule has 0 spiro atoms. The largest absolute Gasteiger partial charge is 0.379 e. The number of hydrogen-bond acceptors (Lipinski definition) is 8. The van der Waals surface area contributed by atoms with Crippen LogP contribution in [-0.4, -0.2) is 76.3 Å². The lowest BCUT2D eigenvalue weighted by molar-refractivity contribution is -0.118. The molecule has 1 atom stereocenters. The van der Waals surface area contributed by atoms with Crippen molar-refractivity contribution in [2.75, 3.05) is 56.2 Å². The molecular weight excluding hydrogens is 588 g/mol. The normalized spacial score (nSPS) is 16.7. The molecule has 1 saturated heterocycles. The van der Waals surface area contributed by atoms with Crippen LogP contribution in [0.25, 0.3) is 11.0 Å². The number of carbonyl (C=O) groups is 1. The van der Waals surface area contributed by atoms with Gasteiger partial charge in [-0.2, -0.15) is 0 Å². The maximum Gasteiger partial charge on any atom is 0.217 e. The Hall–Kier alpha value is -4.02. The van der Waals surface area contributed by atoms with Crippen molar-refractivity contribution in [2.45, 2.75) is 78.8 Å². The summed E-state index contributed by atoms with van der Waals surface area (Å²) in [7, 11) is 0. The number of carbonyl (C=O) groups excluding carboxylic acids is 1. The average Bonchev–Trinajstić information content (AvgIpc) is 3.40. The minimum absolute atomic E-state index is 0.0543. The maximum atomic E-state index is 11.6. The zero-order chi connectivity index (χ0) is 32.9. The van der Waals surface area contributed by atoms with Gasteiger partial charge in [0.15, 0.2) is 0 Å². The van der Waals surface area contributed by atoms with Gasteiger partial charge >= 0.3 is 0 Å². The summed E-state index contributed by atoms with van der Waals surface area (Å²) in [5, 5.41) is 3.72. The van der Waals surface area contributed by atoms with Crippen molar-refractivity contribution in [3.63, 3.8) is 0 Å². The quantitative estimate of drug-likeness (QED) is 0.187. The highest BCUT2D eigenvalue weighted by Crippen LogP contribution is 2.37. The first-order valence-electron chi connectivity index (χ1n) is 17.3. The molecule has 3 heterocycles. The summed E-state index contributed by atoms with van der Waals surface area (Å²) in [5.41, 5.74) is 16.6. The second-order valence-corrected chi connectivity index (χ2v) is 13.3. The first-order chi connectivity index (χ1) is 22.7. The Labute approximate surface area is 278 Å². The third kappa shape index (κ3) is 7.93. The number of primary amides is 1. The van der Waals surface area contributed by atoms with Gasteiger partial charge in [-0.05, 0) is 107 Å². The molecule has 1 amide bonds. The Kier molecular flexibility index (Phi) is 10.4. The Balaban J connectivity index is 1.34. The molecule has 1 aliphatic carbocycles. The molecule has 1 fully saturated rings. The Bertz CT molecular complexity index is 1690. The van der Waals surface area contributed by atoms with E-state index in [1.165, 1.54) is 16.7 Å². The number of imidazole rings is 1. The molecule has 2 aromatic carbocycles. The third-order valence-corrected chi connectivity index (χ3v) is 9.52. The van der Waals surface area contributed by atoms with E-state index in [4.69, 9.17) is 25.4 Å². The Morgan fingerprint density at radius 3 is 2.53 bits per heavy atom. The fourth-order valence-corrected chi connectivity index (χ4v) is 7.07. The molecule has 0 bridgehead atoms. The summed E-state index contributed by atoms with van der Waals surface area (Å²) in [6.07, 6.45) is 5.11. The van der Waals surface area contributed by atoms with Crippen LogP contribution in [0.2, 0.25) is 0 Å². The number of nitrogens with two attached hydrogens (primary N) is 1. The fraction of sp³-hybridized carbons (Fsp3) is 0.514. The SMILES string of the molecule is Cc1cc(C)cc(N(CCCC(N)=O)Cc2ccc3nc(NCCCN4CCOCC4)n(C4CCCc5nc(C)c(C)nc54)c3c2)c1. The molecule has 47 heavy (non-hydrogen) atoms. The molecule has 3 N–H and O–H groups in total. The predicted molar refractivity (Wildman–Crippen MR) is 188 cm³/mol. The number of ether oxygens (including phenoxy) is 1. The standard InChI is InChI=1S/C37H50N8O2/c1-25-20-26(2)22-30(21-25)44(15-6-10-35(38)46)24-29-11-12-31-34(23-29)45(33-9-5-8-32-36(33)41-28(4)27(3)40-32)37(42-31)39-13-7-14-43-16-18-47-19-17-43/h11-12,20-23,33H,5-10,13-19,24H2,1-4H3,(H2,38,46)(H,39,42). The number of aromatic nitrogens is 4. The van der Waals surface area contributed by atoms with Gasteiger partial charge in [0.1, 0.15) is 0 Å². The van der Waals surface area contributed by atoms with Gasteiger partial charge in [0, 0.05) is 44.8 Å². The summed E-state index contributed by atoms with van der Waals surface area (Å²) in [4.78, 5) is 31.7. The van der Waals surface area contributed by atoms with Crippen LogP contribution < -0.4 is 16.0 Å².